The molecule has 0 aliphatic carbocycles. The number of aryl methyl sites for hydroxylation is 4. The highest BCUT2D eigenvalue weighted by molar-refractivity contribution is 6.30. The summed E-state index contributed by atoms with van der Waals surface area (Å²) in [5, 5.41) is 39.1. The van der Waals surface area contributed by atoms with Crippen LogP contribution in [0.3, 0.4) is 0 Å². The number of carbonyl (C=O) groups excluding carboxylic acids is 3. The van der Waals surface area contributed by atoms with Crippen LogP contribution in [0.1, 0.15) is 82.0 Å². The highest BCUT2D eigenvalue weighted by atomic mass is 35.5. The first-order valence-corrected chi connectivity index (χ1v) is 35.7. The third kappa shape index (κ3) is 19.1. The zero-order valence-electron chi connectivity index (χ0n) is 61.0. The van der Waals surface area contributed by atoms with Gasteiger partial charge >= 0.3 is 33.7 Å². The maximum Gasteiger partial charge on any atom is 0.357 e. The van der Waals surface area contributed by atoms with Gasteiger partial charge in [0.25, 0.3) is 17.7 Å². The Kier molecular flexibility index (Phi) is 28.4. The summed E-state index contributed by atoms with van der Waals surface area (Å²) in [5.74, 6) is -1.40. The van der Waals surface area contributed by atoms with Crippen molar-refractivity contribution in [3.63, 3.8) is 0 Å². The highest BCUT2D eigenvalue weighted by Gasteiger charge is 2.37. The molecule has 6 heterocycles. The lowest BCUT2D eigenvalue weighted by molar-refractivity contribution is -0.385. The number of pyridine rings is 3. The normalized spacial score (nSPS) is 13.5. The summed E-state index contributed by atoms with van der Waals surface area (Å²) in [5.41, 5.74) is 4.64. The quantitative estimate of drug-likeness (QED) is 0.0570. The van der Waals surface area contributed by atoms with E-state index in [1.165, 1.54) is 62.2 Å². The van der Waals surface area contributed by atoms with Gasteiger partial charge in [-0.15, -0.1) is 0 Å². The standard InChI is InChI=1S/C28H25ClN4O4.C26H30FN5O4.C25H28FN5O4.3CH4/c1-19-7-12-24-23(17-19)25(26(33(36)37)28(35)32(24)18-20-5-3-2-4-6-20)30-13-15-31(16-14-30)27(34)21-8-10-22(29)11-9-21;1-18-5-10-22-21(17-18)23(24(32(35)36)26(34)31(22)12-4-11-28(2)3)29-13-15-30(16-14-29)25(33)19-6-8-20(27)9-7-19;1-17-4-9-21-20(16-17)22(23(31(34)35)25(33)30(21)15-10-27(2)3)28-11-13-29(14-12-28)24(32)18-5-7-19(26)8-6-18;;;/h2-12,17H,13-16,18H2,1H3;5-10,17H,4,11-16H2,1-3H3;4-9,16H,10-15H2,1-3H3;3*1H4. The first-order valence-electron chi connectivity index (χ1n) is 35.3. The number of anilines is 3. The van der Waals surface area contributed by atoms with Gasteiger partial charge in [0.2, 0.25) is 0 Å². The van der Waals surface area contributed by atoms with Crippen LogP contribution >= 0.6 is 11.6 Å². The third-order valence-corrected chi connectivity index (χ3v) is 19.8. The summed E-state index contributed by atoms with van der Waals surface area (Å²) in [6.07, 6.45) is 0.677. The third-order valence-electron chi connectivity index (χ3n) is 19.5. The molecule has 3 aliphatic heterocycles. The number of aromatic nitrogens is 3. The van der Waals surface area contributed by atoms with E-state index in [4.69, 9.17) is 11.6 Å². The van der Waals surface area contributed by atoms with E-state index in [0.29, 0.717) is 176 Å². The van der Waals surface area contributed by atoms with Crippen LogP contribution in [-0.4, -0.2) is 191 Å². The first kappa shape index (κ1) is 84.9. The molecule has 0 N–H and O–H groups in total. The van der Waals surface area contributed by atoms with E-state index in [2.05, 4.69) is 0 Å². The highest BCUT2D eigenvalue weighted by Crippen LogP contribution is 2.39. The van der Waals surface area contributed by atoms with E-state index in [-0.39, 0.29) is 46.5 Å². The van der Waals surface area contributed by atoms with Gasteiger partial charge in [-0.25, -0.2) is 8.78 Å². The topological polar surface area (TPSA) is 273 Å². The minimum Gasteiger partial charge on any atom is -0.362 e. The van der Waals surface area contributed by atoms with Crippen LogP contribution in [0, 0.1) is 62.7 Å². The van der Waals surface area contributed by atoms with Gasteiger partial charge in [0.05, 0.1) is 37.9 Å². The maximum atomic E-state index is 13.6. The van der Waals surface area contributed by atoms with Crippen molar-refractivity contribution < 1.29 is 37.9 Å². The monoisotopic (exact) mass is 1540 g/mol. The Morgan fingerprint density at radius 3 is 1.05 bits per heavy atom. The molecule has 0 saturated carbocycles. The number of piperazine rings is 3. The van der Waals surface area contributed by atoms with Crippen LogP contribution < -0.4 is 31.4 Å². The summed E-state index contributed by atoms with van der Waals surface area (Å²) >= 11 is 5.94. The summed E-state index contributed by atoms with van der Waals surface area (Å²) in [6, 6.07) is 43.8. The summed E-state index contributed by atoms with van der Waals surface area (Å²) in [4.78, 5) is 128. The molecule has 10 aromatic rings. The molecule has 0 spiro atoms. The average molecular weight is 1540 g/mol. The number of fused-ring (bicyclic) bond motifs is 3. The zero-order valence-corrected chi connectivity index (χ0v) is 61.8. The molecule has 3 fully saturated rings. The van der Waals surface area contributed by atoms with Crippen molar-refractivity contribution in [2.45, 2.75) is 69.1 Å². The lowest BCUT2D eigenvalue weighted by atomic mass is 10.1. The maximum absolute atomic E-state index is 13.6. The van der Waals surface area contributed by atoms with Crippen LogP contribution in [0.4, 0.5) is 42.9 Å². The van der Waals surface area contributed by atoms with Crippen LogP contribution in [0.2, 0.25) is 5.02 Å². The Morgan fingerprint density at radius 2 is 0.721 bits per heavy atom. The molecule has 0 atom stereocenters. The number of amides is 3. The van der Waals surface area contributed by atoms with Gasteiger partial charge in [-0.1, -0.05) is 99.1 Å². The van der Waals surface area contributed by atoms with E-state index in [1.807, 2.05) is 158 Å². The summed E-state index contributed by atoms with van der Waals surface area (Å²) < 4.78 is 30.9. The number of rotatable bonds is 18. The van der Waals surface area contributed by atoms with Gasteiger partial charge in [-0.05, 0) is 177 Å². The molecule has 3 aliphatic rings. The van der Waals surface area contributed by atoms with Crippen LogP contribution in [-0.2, 0) is 19.6 Å². The Bertz CT molecular complexity index is 5250. The minimum absolute atomic E-state index is 0. The molecule has 3 aromatic heterocycles. The summed E-state index contributed by atoms with van der Waals surface area (Å²) in [6.45, 7) is 12.1. The fourth-order valence-corrected chi connectivity index (χ4v) is 14.1. The Balaban J connectivity index is 0.000000206. The van der Waals surface area contributed by atoms with Crippen molar-refractivity contribution in [2.75, 3.05) is 135 Å². The molecule has 0 bridgehead atoms. The van der Waals surface area contributed by atoms with E-state index >= 15 is 0 Å². The smallest absolute Gasteiger partial charge is 0.357 e. The molecule has 26 nitrogen and oxygen atoms in total. The van der Waals surface area contributed by atoms with Gasteiger partial charge in [-0.2, -0.15) is 0 Å². The van der Waals surface area contributed by atoms with Gasteiger partial charge in [-0.3, -0.25) is 63.7 Å². The lowest BCUT2D eigenvalue weighted by Gasteiger charge is -2.36. The molecule has 3 saturated heterocycles. The van der Waals surface area contributed by atoms with Gasteiger partial charge in [0, 0.05) is 136 Å². The van der Waals surface area contributed by atoms with Crippen molar-refractivity contribution in [1.82, 2.24) is 38.2 Å². The van der Waals surface area contributed by atoms with E-state index in [0.717, 1.165) is 28.8 Å². The number of nitrogens with zero attached hydrogens (tertiary/aromatic N) is 14. The number of benzene rings is 7. The van der Waals surface area contributed by atoms with E-state index in [1.54, 1.807) is 39.0 Å². The van der Waals surface area contributed by atoms with Crippen LogP contribution in [0.5, 0.6) is 0 Å². The Morgan fingerprint density at radius 1 is 0.414 bits per heavy atom. The molecule has 3 amide bonds. The fourth-order valence-electron chi connectivity index (χ4n) is 14.0. The number of carbonyl (C=O) groups is 3. The largest absolute Gasteiger partial charge is 0.362 e. The second-order valence-electron chi connectivity index (χ2n) is 27.5. The molecule has 0 unspecified atom stereocenters. The molecule has 13 rings (SSSR count). The molecule has 111 heavy (non-hydrogen) atoms. The molecule has 29 heteroatoms. The van der Waals surface area contributed by atoms with Gasteiger partial charge in [0.1, 0.15) is 28.7 Å². The van der Waals surface area contributed by atoms with Crippen molar-refractivity contribution in [2.24, 2.45) is 0 Å². The SMILES string of the molecule is C.C.C.Cc1ccc2c(c1)c(N1CCN(C(=O)c3ccc(Cl)cc3)CC1)c([N+](=O)[O-])c(=O)n2Cc1ccccc1.Cc1ccc2c(c1)c(N1CCN(C(=O)c3ccc(F)cc3)CC1)c([N+](=O)[O-])c(=O)n2CCCN(C)C.Cc1ccc2c(c1)c(N1CCN(C(=O)c3ccc(F)cc3)CC1)c([N+](=O)[O-])c(=O)n2CCN(C)C. The van der Waals surface area contributed by atoms with E-state index in [9.17, 15) is 67.9 Å². The van der Waals surface area contributed by atoms with Crippen molar-refractivity contribution >= 4 is 96.2 Å². The van der Waals surface area contributed by atoms with Gasteiger partial charge in [0.15, 0.2) is 0 Å². The first-order chi connectivity index (χ1) is 51.7. The van der Waals surface area contributed by atoms with E-state index < -0.39 is 60.1 Å². The second kappa shape index (κ2) is 37.1. The minimum atomic E-state index is -0.639. The van der Waals surface area contributed by atoms with Crippen molar-refractivity contribution in [3.05, 3.63) is 275 Å². The fraction of sp³-hybridized carbons (Fsp3) is 0.341. The molecular weight excluding hydrogens is 1450 g/mol. The van der Waals surface area contributed by atoms with Crippen molar-refractivity contribution in [1.29, 1.82) is 0 Å². The van der Waals surface area contributed by atoms with Crippen LogP contribution in [0.15, 0.2) is 172 Å². The molecule has 586 valence electrons. The zero-order chi connectivity index (χ0) is 77.4. The Labute approximate surface area is 647 Å². The van der Waals surface area contributed by atoms with Gasteiger partial charge < -0.3 is 48.3 Å². The molecule has 0 radical (unpaired) electrons. The number of nitro groups is 3. The molecule has 7 aromatic carbocycles. The average Bonchev–Trinajstić information content (AvgIpc) is 0.756. The number of hydrogen-bond donors (Lipinski definition) is 0. The second-order valence-corrected chi connectivity index (χ2v) is 28.0. The summed E-state index contributed by atoms with van der Waals surface area (Å²) in [7, 11) is 7.65. The number of likely N-dealkylation sites (N-methyl/N-ethyl adjacent to an activating group) is 1. The van der Waals surface area contributed by atoms with Crippen LogP contribution in [0.25, 0.3) is 32.7 Å². The van der Waals surface area contributed by atoms with Crippen molar-refractivity contribution in [3.8, 4) is 0 Å². The predicted octanol–water partition coefficient (Wildman–Crippen LogP) is 12.9. The Hall–Kier alpha value is -11.8. The number of hydrogen-bond acceptors (Lipinski definition) is 17. The molecular formula is C82H95ClF2N14O12. The lowest BCUT2D eigenvalue weighted by Crippen LogP contribution is -2.49. The number of halogens is 3. The predicted molar refractivity (Wildman–Crippen MR) is 435 cm³/mol.